The fraction of sp³-hybridized carbons (Fsp3) is 0.471. The van der Waals surface area contributed by atoms with Gasteiger partial charge in [-0.3, -0.25) is 9.59 Å². The molecule has 1 fully saturated rings. The Morgan fingerprint density at radius 2 is 2.17 bits per heavy atom. The van der Waals surface area contributed by atoms with Crippen molar-refractivity contribution in [2.24, 2.45) is 0 Å². The van der Waals surface area contributed by atoms with E-state index in [2.05, 4.69) is 0 Å². The fourth-order valence-corrected chi connectivity index (χ4v) is 3.23. The molecule has 0 radical (unpaired) electrons. The summed E-state index contributed by atoms with van der Waals surface area (Å²) in [6, 6.07) is 4.83. The van der Waals surface area contributed by atoms with Crippen molar-refractivity contribution >= 4 is 23.5 Å². The summed E-state index contributed by atoms with van der Waals surface area (Å²) in [5.41, 5.74) is 1.66. The third-order valence-corrected chi connectivity index (χ3v) is 4.46. The molecule has 0 unspecified atom stereocenters. The number of amides is 2. The van der Waals surface area contributed by atoms with E-state index in [0.717, 1.165) is 5.56 Å². The highest BCUT2D eigenvalue weighted by atomic mass is 16.5. The number of benzene rings is 1. The summed E-state index contributed by atoms with van der Waals surface area (Å²) in [6.45, 7) is 2.55. The molecule has 7 nitrogen and oxygen atoms in total. The maximum absolute atomic E-state index is 12.4. The zero-order valence-corrected chi connectivity index (χ0v) is 13.5. The first-order valence-corrected chi connectivity index (χ1v) is 8.03. The molecule has 1 aromatic carbocycles. The molecule has 2 aliphatic heterocycles. The number of carbonyl (C=O) groups is 3. The van der Waals surface area contributed by atoms with Gasteiger partial charge in [0.2, 0.25) is 5.91 Å². The van der Waals surface area contributed by atoms with Crippen molar-refractivity contribution in [1.82, 2.24) is 4.90 Å². The predicted molar refractivity (Wildman–Crippen MR) is 86.0 cm³/mol. The van der Waals surface area contributed by atoms with Crippen molar-refractivity contribution in [3.05, 3.63) is 23.8 Å². The van der Waals surface area contributed by atoms with Crippen LogP contribution in [0.1, 0.15) is 24.8 Å². The average molecular weight is 332 g/mol. The molecule has 7 heteroatoms. The van der Waals surface area contributed by atoms with Crippen LogP contribution in [0.5, 0.6) is 5.75 Å². The van der Waals surface area contributed by atoms with Crippen LogP contribution in [-0.4, -0.2) is 53.5 Å². The first-order chi connectivity index (χ1) is 11.5. The first kappa shape index (κ1) is 16.3. The van der Waals surface area contributed by atoms with E-state index in [1.807, 2.05) is 25.1 Å². The Morgan fingerprint density at radius 3 is 2.92 bits per heavy atom. The normalized spacial score (nSPS) is 19.9. The summed E-state index contributed by atoms with van der Waals surface area (Å²) >= 11 is 0. The molecule has 3 rings (SSSR count). The van der Waals surface area contributed by atoms with Crippen molar-refractivity contribution in [1.29, 1.82) is 0 Å². The Hall–Kier alpha value is -2.57. The van der Waals surface area contributed by atoms with E-state index in [9.17, 15) is 19.5 Å². The lowest BCUT2D eigenvalue weighted by molar-refractivity contribution is -0.148. The second-order valence-corrected chi connectivity index (χ2v) is 6.14. The average Bonchev–Trinajstić information content (AvgIpc) is 3.03. The number of carboxylic acids is 1. The highest BCUT2D eigenvalue weighted by Gasteiger charge is 2.34. The summed E-state index contributed by atoms with van der Waals surface area (Å²) in [4.78, 5) is 38.7. The van der Waals surface area contributed by atoms with Crippen LogP contribution >= 0.6 is 0 Å². The summed E-state index contributed by atoms with van der Waals surface area (Å²) in [6.07, 6.45) is 1.28. The van der Waals surface area contributed by atoms with E-state index in [1.54, 1.807) is 4.90 Å². The van der Waals surface area contributed by atoms with Gasteiger partial charge in [-0.15, -0.1) is 0 Å². The van der Waals surface area contributed by atoms with Crippen molar-refractivity contribution < 1.29 is 24.2 Å². The summed E-state index contributed by atoms with van der Waals surface area (Å²) in [5, 5.41) is 9.18. The number of aliphatic carboxylic acids is 1. The first-order valence-electron chi connectivity index (χ1n) is 8.03. The van der Waals surface area contributed by atoms with Gasteiger partial charge in [0.25, 0.3) is 5.91 Å². The molecule has 0 aromatic heterocycles. The summed E-state index contributed by atoms with van der Waals surface area (Å²) in [5.74, 6) is -0.771. The Bertz CT molecular complexity index is 688. The molecule has 0 saturated carbocycles. The maximum atomic E-state index is 12.4. The maximum Gasteiger partial charge on any atom is 0.326 e. The van der Waals surface area contributed by atoms with E-state index >= 15 is 0 Å². The van der Waals surface area contributed by atoms with Crippen LogP contribution in [-0.2, 0) is 14.4 Å². The predicted octanol–water partition coefficient (Wildman–Crippen LogP) is 1.19. The number of hydrogen-bond donors (Lipinski definition) is 1. The lowest BCUT2D eigenvalue weighted by Gasteiger charge is -2.30. The Morgan fingerprint density at radius 1 is 1.38 bits per heavy atom. The molecule has 2 aliphatic rings. The van der Waals surface area contributed by atoms with Gasteiger partial charge in [-0.05, 0) is 37.5 Å². The van der Waals surface area contributed by atoms with Crippen LogP contribution in [0.4, 0.5) is 5.69 Å². The van der Waals surface area contributed by atoms with Gasteiger partial charge in [0, 0.05) is 19.5 Å². The number of carbonyl (C=O) groups excluding carboxylic acids is 2. The molecular formula is C17H20N2O5. The van der Waals surface area contributed by atoms with Gasteiger partial charge in [-0.1, -0.05) is 6.07 Å². The Kier molecular flexibility index (Phi) is 4.42. The molecule has 24 heavy (non-hydrogen) atoms. The lowest BCUT2D eigenvalue weighted by atomic mass is 10.1. The van der Waals surface area contributed by atoms with Crippen LogP contribution in [0.2, 0.25) is 0 Å². The number of fused-ring (bicyclic) bond motifs is 1. The molecule has 2 heterocycles. The number of rotatable bonds is 4. The Balaban J connectivity index is 1.70. The number of nitrogens with zero attached hydrogens (tertiary/aromatic N) is 2. The summed E-state index contributed by atoms with van der Waals surface area (Å²) < 4.78 is 5.41. The minimum Gasteiger partial charge on any atom is -0.482 e. The van der Waals surface area contributed by atoms with Crippen molar-refractivity contribution in [2.45, 2.75) is 32.2 Å². The topological polar surface area (TPSA) is 87.2 Å². The van der Waals surface area contributed by atoms with E-state index in [-0.39, 0.29) is 31.4 Å². The number of aryl methyl sites for hydroxylation is 1. The van der Waals surface area contributed by atoms with Gasteiger partial charge in [-0.2, -0.15) is 0 Å². The fourth-order valence-electron chi connectivity index (χ4n) is 3.23. The van der Waals surface area contributed by atoms with Gasteiger partial charge in [0.05, 0.1) is 5.69 Å². The molecule has 128 valence electrons. The second kappa shape index (κ2) is 6.51. The standard InChI is InChI=1S/C17H20N2O5/c1-11-4-5-14-13(9-11)19(16(21)10-24-14)8-6-15(20)18-7-2-3-12(18)17(22)23/h4-5,9,12H,2-3,6-8,10H2,1H3,(H,22,23)/t12-/m0/s1. The molecule has 1 atom stereocenters. The third kappa shape index (κ3) is 3.06. The lowest BCUT2D eigenvalue weighted by Crippen LogP contribution is -2.44. The third-order valence-electron chi connectivity index (χ3n) is 4.46. The molecule has 0 aliphatic carbocycles. The second-order valence-electron chi connectivity index (χ2n) is 6.14. The van der Waals surface area contributed by atoms with Crippen LogP contribution < -0.4 is 9.64 Å². The summed E-state index contributed by atoms with van der Waals surface area (Å²) in [7, 11) is 0. The number of anilines is 1. The van der Waals surface area contributed by atoms with Gasteiger partial charge >= 0.3 is 5.97 Å². The molecular weight excluding hydrogens is 312 g/mol. The number of likely N-dealkylation sites (tertiary alicyclic amines) is 1. The quantitative estimate of drug-likeness (QED) is 0.895. The van der Waals surface area contributed by atoms with Crippen LogP contribution in [0, 0.1) is 6.92 Å². The van der Waals surface area contributed by atoms with Gasteiger partial charge in [-0.25, -0.2) is 4.79 Å². The Labute approximate surface area is 139 Å². The van der Waals surface area contributed by atoms with E-state index < -0.39 is 12.0 Å². The highest BCUT2D eigenvalue weighted by Crippen LogP contribution is 2.33. The van der Waals surface area contributed by atoms with Crippen molar-refractivity contribution in [3.8, 4) is 5.75 Å². The highest BCUT2D eigenvalue weighted by molar-refractivity contribution is 5.98. The smallest absolute Gasteiger partial charge is 0.326 e. The molecule has 1 saturated heterocycles. The van der Waals surface area contributed by atoms with Gasteiger partial charge in [0.1, 0.15) is 11.8 Å². The zero-order chi connectivity index (χ0) is 17.3. The van der Waals surface area contributed by atoms with E-state index in [4.69, 9.17) is 4.74 Å². The molecule has 1 aromatic rings. The molecule has 2 amide bonds. The van der Waals surface area contributed by atoms with Crippen molar-refractivity contribution in [2.75, 3.05) is 24.6 Å². The van der Waals surface area contributed by atoms with Crippen molar-refractivity contribution in [3.63, 3.8) is 0 Å². The van der Waals surface area contributed by atoms with Gasteiger partial charge in [0.15, 0.2) is 6.61 Å². The number of hydrogen-bond acceptors (Lipinski definition) is 4. The largest absolute Gasteiger partial charge is 0.482 e. The minimum atomic E-state index is -0.968. The zero-order valence-electron chi connectivity index (χ0n) is 13.5. The van der Waals surface area contributed by atoms with Crippen LogP contribution in [0.15, 0.2) is 18.2 Å². The van der Waals surface area contributed by atoms with Crippen LogP contribution in [0.25, 0.3) is 0 Å². The van der Waals surface area contributed by atoms with E-state index in [0.29, 0.717) is 30.8 Å². The SMILES string of the molecule is Cc1ccc2c(c1)N(CCC(=O)N1CCC[C@H]1C(=O)O)C(=O)CO2. The number of carboxylic acid groups (broad SMARTS) is 1. The molecule has 1 N–H and O–H groups in total. The van der Waals surface area contributed by atoms with Crippen LogP contribution in [0.3, 0.4) is 0 Å². The molecule has 0 bridgehead atoms. The van der Waals surface area contributed by atoms with Gasteiger partial charge < -0.3 is 19.6 Å². The molecule has 0 spiro atoms. The van der Waals surface area contributed by atoms with E-state index in [1.165, 1.54) is 4.90 Å². The minimum absolute atomic E-state index is 0.0499. The number of ether oxygens (including phenoxy) is 1. The monoisotopic (exact) mass is 332 g/mol.